The van der Waals surface area contributed by atoms with Gasteiger partial charge in [-0.25, -0.2) is 0 Å². The van der Waals surface area contributed by atoms with Gasteiger partial charge in [0.25, 0.3) is 0 Å². The summed E-state index contributed by atoms with van der Waals surface area (Å²) in [6.07, 6.45) is 2.45. The first-order valence-electron chi connectivity index (χ1n) is 7.09. The van der Waals surface area contributed by atoms with Crippen LogP contribution >= 0.6 is 0 Å². The molecule has 0 saturated carbocycles. The molecule has 3 nitrogen and oxygen atoms in total. The summed E-state index contributed by atoms with van der Waals surface area (Å²) < 4.78 is 0. The Balaban J connectivity index is 1.88. The number of hydrogen-bond donors (Lipinski definition) is 1. The van der Waals surface area contributed by atoms with E-state index in [9.17, 15) is 0 Å². The number of nitrogens with zero attached hydrogens (tertiary/aromatic N) is 2. The fraction of sp³-hybridized carbons (Fsp3) is 0.600. The number of para-hydroxylation sites is 1. The molecule has 1 aliphatic rings. The Bertz CT molecular complexity index is 331. The zero-order valence-electron chi connectivity index (χ0n) is 11.4. The number of nitrogens with two attached hydrogens (primary N) is 1. The van der Waals surface area contributed by atoms with Gasteiger partial charge in [0, 0.05) is 44.5 Å². The minimum atomic E-state index is 0.577. The van der Waals surface area contributed by atoms with Crippen LogP contribution in [0.15, 0.2) is 30.3 Å². The van der Waals surface area contributed by atoms with Crippen LogP contribution in [0.3, 0.4) is 0 Å². The molecule has 1 atom stereocenters. The molecular weight excluding hydrogens is 222 g/mol. The zero-order chi connectivity index (χ0) is 12.8. The zero-order valence-corrected chi connectivity index (χ0v) is 11.4. The second kappa shape index (κ2) is 6.76. The molecule has 0 aliphatic carbocycles. The lowest BCUT2D eigenvalue weighted by Crippen LogP contribution is -2.52. The van der Waals surface area contributed by atoms with Gasteiger partial charge in [0.15, 0.2) is 0 Å². The summed E-state index contributed by atoms with van der Waals surface area (Å²) in [6, 6.07) is 11.3. The Hall–Kier alpha value is -1.06. The summed E-state index contributed by atoms with van der Waals surface area (Å²) in [5.74, 6) is 0. The molecule has 0 amide bonds. The van der Waals surface area contributed by atoms with Crippen LogP contribution < -0.4 is 10.6 Å². The number of piperazine rings is 1. The van der Waals surface area contributed by atoms with Gasteiger partial charge in [-0.15, -0.1) is 0 Å². The van der Waals surface area contributed by atoms with Crippen molar-refractivity contribution in [3.63, 3.8) is 0 Å². The topological polar surface area (TPSA) is 32.5 Å². The van der Waals surface area contributed by atoms with E-state index in [1.807, 2.05) is 0 Å². The molecule has 1 fully saturated rings. The fourth-order valence-corrected chi connectivity index (χ4v) is 2.77. The average molecular weight is 247 g/mol. The fourth-order valence-electron chi connectivity index (χ4n) is 2.77. The first-order valence-corrected chi connectivity index (χ1v) is 7.09. The molecule has 0 bridgehead atoms. The molecule has 1 aromatic carbocycles. The van der Waals surface area contributed by atoms with Crippen LogP contribution in [0.5, 0.6) is 0 Å². The molecule has 2 rings (SSSR count). The maximum absolute atomic E-state index is 5.88. The van der Waals surface area contributed by atoms with E-state index in [0.29, 0.717) is 6.04 Å². The summed E-state index contributed by atoms with van der Waals surface area (Å²) in [4.78, 5) is 5.03. The quantitative estimate of drug-likeness (QED) is 0.863. The van der Waals surface area contributed by atoms with Gasteiger partial charge < -0.3 is 10.6 Å². The molecule has 1 unspecified atom stereocenters. The summed E-state index contributed by atoms with van der Waals surface area (Å²) in [7, 11) is 0. The predicted molar refractivity (Wildman–Crippen MR) is 78.0 cm³/mol. The van der Waals surface area contributed by atoms with Crippen molar-refractivity contribution < 1.29 is 0 Å². The molecule has 100 valence electrons. The largest absolute Gasteiger partial charge is 0.369 e. The molecule has 0 aromatic heterocycles. The minimum Gasteiger partial charge on any atom is -0.369 e. The monoisotopic (exact) mass is 247 g/mol. The van der Waals surface area contributed by atoms with Gasteiger partial charge in [-0.3, -0.25) is 4.90 Å². The molecule has 1 aliphatic heterocycles. The Morgan fingerprint density at radius 1 is 1.11 bits per heavy atom. The van der Waals surface area contributed by atoms with Gasteiger partial charge in [0.05, 0.1) is 0 Å². The third-order valence-electron chi connectivity index (χ3n) is 3.85. The highest BCUT2D eigenvalue weighted by Crippen LogP contribution is 2.17. The van der Waals surface area contributed by atoms with Crippen molar-refractivity contribution in [2.75, 3.05) is 37.6 Å². The van der Waals surface area contributed by atoms with Gasteiger partial charge in [0.1, 0.15) is 0 Å². The lowest BCUT2D eigenvalue weighted by Gasteiger charge is -2.40. The van der Waals surface area contributed by atoms with Crippen molar-refractivity contribution >= 4 is 5.69 Å². The maximum Gasteiger partial charge on any atom is 0.0367 e. The molecule has 1 heterocycles. The van der Waals surface area contributed by atoms with E-state index >= 15 is 0 Å². The first-order chi connectivity index (χ1) is 8.85. The van der Waals surface area contributed by atoms with E-state index in [0.717, 1.165) is 32.7 Å². The van der Waals surface area contributed by atoms with Crippen molar-refractivity contribution in [3.05, 3.63) is 30.3 Å². The normalized spacial score (nSPS) is 18.9. The van der Waals surface area contributed by atoms with Crippen molar-refractivity contribution in [2.45, 2.75) is 25.8 Å². The van der Waals surface area contributed by atoms with Crippen molar-refractivity contribution in [1.29, 1.82) is 0 Å². The van der Waals surface area contributed by atoms with E-state index in [1.54, 1.807) is 0 Å². The molecular formula is C15H25N3. The summed E-state index contributed by atoms with van der Waals surface area (Å²) in [5.41, 5.74) is 7.22. The smallest absolute Gasteiger partial charge is 0.0367 e. The number of hydrogen-bond acceptors (Lipinski definition) is 3. The van der Waals surface area contributed by atoms with E-state index in [4.69, 9.17) is 5.73 Å². The summed E-state index contributed by atoms with van der Waals surface area (Å²) >= 11 is 0. The van der Waals surface area contributed by atoms with Gasteiger partial charge in [-0.2, -0.15) is 0 Å². The highest BCUT2D eigenvalue weighted by atomic mass is 15.3. The Labute approximate surface area is 111 Å². The van der Waals surface area contributed by atoms with Crippen molar-refractivity contribution in [1.82, 2.24) is 4.90 Å². The summed E-state index contributed by atoms with van der Waals surface area (Å²) in [5, 5.41) is 0. The van der Waals surface area contributed by atoms with Gasteiger partial charge >= 0.3 is 0 Å². The summed E-state index contributed by atoms with van der Waals surface area (Å²) in [6.45, 7) is 7.53. The molecule has 0 radical (unpaired) electrons. The predicted octanol–water partition coefficient (Wildman–Crippen LogP) is 1.94. The van der Waals surface area contributed by atoms with Crippen LogP contribution in [0.1, 0.15) is 19.8 Å². The standard InChI is InChI=1S/C15H25N3/c1-2-6-15(13-16)18-11-9-17(10-12-18)14-7-4-3-5-8-14/h3-5,7-8,15H,2,6,9-13,16H2,1H3. The van der Waals surface area contributed by atoms with E-state index in [-0.39, 0.29) is 0 Å². The molecule has 1 saturated heterocycles. The molecule has 3 heteroatoms. The maximum atomic E-state index is 5.88. The Morgan fingerprint density at radius 2 is 1.78 bits per heavy atom. The van der Waals surface area contributed by atoms with Crippen molar-refractivity contribution in [3.8, 4) is 0 Å². The van der Waals surface area contributed by atoms with Crippen LogP contribution in [0.2, 0.25) is 0 Å². The number of rotatable bonds is 5. The number of benzene rings is 1. The Morgan fingerprint density at radius 3 is 2.33 bits per heavy atom. The van der Waals surface area contributed by atoms with Crippen LogP contribution in [0.4, 0.5) is 5.69 Å². The molecule has 1 aromatic rings. The SMILES string of the molecule is CCCC(CN)N1CCN(c2ccccc2)CC1. The average Bonchev–Trinajstić information content (AvgIpc) is 2.46. The molecule has 0 spiro atoms. The van der Waals surface area contributed by atoms with E-state index in [2.05, 4.69) is 47.1 Å². The van der Waals surface area contributed by atoms with Gasteiger partial charge in [-0.05, 0) is 18.6 Å². The second-order valence-corrected chi connectivity index (χ2v) is 5.04. The van der Waals surface area contributed by atoms with Crippen LogP contribution in [0, 0.1) is 0 Å². The van der Waals surface area contributed by atoms with E-state index < -0.39 is 0 Å². The molecule has 18 heavy (non-hydrogen) atoms. The minimum absolute atomic E-state index is 0.577. The highest BCUT2D eigenvalue weighted by molar-refractivity contribution is 5.46. The molecule has 2 N–H and O–H groups in total. The van der Waals surface area contributed by atoms with E-state index in [1.165, 1.54) is 18.5 Å². The third-order valence-corrected chi connectivity index (χ3v) is 3.85. The lowest BCUT2D eigenvalue weighted by molar-refractivity contribution is 0.179. The van der Waals surface area contributed by atoms with Crippen LogP contribution in [-0.2, 0) is 0 Å². The van der Waals surface area contributed by atoms with Crippen LogP contribution in [-0.4, -0.2) is 43.7 Å². The second-order valence-electron chi connectivity index (χ2n) is 5.04. The third kappa shape index (κ3) is 3.24. The van der Waals surface area contributed by atoms with Gasteiger partial charge in [0.2, 0.25) is 0 Å². The van der Waals surface area contributed by atoms with Crippen LogP contribution in [0.25, 0.3) is 0 Å². The Kier molecular flexibility index (Phi) is 5.02. The van der Waals surface area contributed by atoms with Crippen molar-refractivity contribution in [2.24, 2.45) is 5.73 Å². The lowest BCUT2D eigenvalue weighted by atomic mass is 10.1. The highest BCUT2D eigenvalue weighted by Gasteiger charge is 2.22. The van der Waals surface area contributed by atoms with Gasteiger partial charge in [-0.1, -0.05) is 31.5 Å². The first kappa shape index (κ1) is 13.4. The number of anilines is 1.